The van der Waals surface area contributed by atoms with Gasteiger partial charge in [0, 0.05) is 54.8 Å². The monoisotopic (exact) mass is 382 g/mol. The van der Waals surface area contributed by atoms with Gasteiger partial charge in [-0.05, 0) is 42.0 Å². The Morgan fingerprint density at radius 1 is 1.15 bits per heavy atom. The minimum Gasteiger partial charge on any atom is -0.323 e. The number of aryl methyl sites for hydroxylation is 1. The van der Waals surface area contributed by atoms with Crippen molar-refractivity contribution < 1.29 is 13.2 Å². The Labute approximate surface area is 157 Å². The highest BCUT2D eigenvalue weighted by Crippen LogP contribution is 2.23. The van der Waals surface area contributed by atoms with E-state index in [0.717, 1.165) is 22.9 Å². The van der Waals surface area contributed by atoms with Gasteiger partial charge in [0.2, 0.25) is 5.91 Å². The van der Waals surface area contributed by atoms with E-state index in [9.17, 15) is 13.2 Å². The van der Waals surface area contributed by atoms with Gasteiger partial charge < -0.3 is 5.32 Å². The molecule has 0 saturated heterocycles. The van der Waals surface area contributed by atoms with Gasteiger partial charge >= 0.3 is 0 Å². The number of rotatable bonds is 5. The largest absolute Gasteiger partial charge is 0.323 e. The summed E-state index contributed by atoms with van der Waals surface area (Å²) in [5, 5.41) is 6.86. The first-order valence-corrected chi connectivity index (χ1v) is 9.94. The Kier molecular flexibility index (Phi) is 5.18. The quantitative estimate of drug-likeness (QED) is 0.685. The molecule has 27 heavy (non-hydrogen) atoms. The van der Waals surface area contributed by atoms with Crippen LogP contribution in [-0.4, -0.2) is 35.3 Å². The van der Waals surface area contributed by atoms with Crippen molar-refractivity contribution >= 4 is 27.5 Å². The number of carbonyl (C=O) groups is 1. The maximum atomic E-state index is 12.2. The normalized spacial score (nSPS) is 11.6. The molecule has 0 fully saturated rings. The molecule has 0 unspecified atom stereocenters. The highest BCUT2D eigenvalue weighted by atomic mass is 32.2. The number of amides is 1. The van der Waals surface area contributed by atoms with E-state index >= 15 is 0 Å². The highest BCUT2D eigenvalue weighted by molar-refractivity contribution is 7.90. The van der Waals surface area contributed by atoms with E-state index < -0.39 is 9.84 Å². The van der Waals surface area contributed by atoms with Crippen LogP contribution in [-0.2, 0) is 21.7 Å². The van der Waals surface area contributed by atoms with Crippen LogP contribution in [0.4, 0.5) is 5.69 Å². The molecule has 3 rings (SSSR count). The SMILES string of the molecule is Cn1cc(-c2ccncc2/C=C/C(=O)Nc2ccc(S(C)(=O)=O)cc2)cn1. The number of aromatic nitrogens is 3. The number of nitrogens with one attached hydrogen (secondary N) is 1. The Balaban J connectivity index is 1.74. The second kappa shape index (κ2) is 7.55. The zero-order chi connectivity index (χ0) is 19.4. The topological polar surface area (TPSA) is 94.0 Å². The van der Waals surface area contributed by atoms with Crippen molar-refractivity contribution in [3.8, 4) is 11.1 Å². The maximum absolute atomic E-state index is 12.2. The molecule has 0 radical (unpaired) electrons. The Hall–Kier alpha value is -3.26. The van der Waals surface area contributed by atoms with Crippen LogP contribution in [0.3, 0.4) is 0 Å². The van der Waals surface area contributed by atoms with E-state index in [0.29, 0.717) is 5.69 Å². The van der Waals surface area contributed by atoms with Gasteiger partial charge in [-0.2, -0.15) is 5.10 Å². The fraction of sp³-hybridized carbons (Fsp3) is 0.105. The molecule has 138 valence electrons. The number of hydrogen-bond acceptors (Lipinski definition) is 5. The number of pyridine rings is 1. The standard InChI is InChI=1S/C19H18N4O3S/c1-23-13-15(12-21-23)18-9-10-20-11-14(18)3-8-19(24)22-16-4-6-17(7-5-16)27(2,25)26/h3-13H,1-2H3,(H,22,24)/b8-3+. The van der Waals surface area contributed by atoms with Gasteiger partial charge in [0.1, 0.15) is 0 Å². The number of hydrogen-bond donors (Lipinski definition) is 1. The van der Waals surface area contributed by atoms with E-state index in [1.54, 1.807) is 41.5 Å². The summed E-state index contributed by atoms with van der Waals surface area (Å²) >= 11 is 0. The molecular formula is C19H18N4O3S. The zero-order valence-electron chi connectivity index (χ0n) is 14.8. The first-order chi connectivity index (χ1) is 12.8. The number of nitrogens with zero attached hydrogens (tertiary/aromatic N) is 3. The second-order valence-corrected chi connectivity index (χ2v) is 8.00. The summed E-state index contributed by atoms with van der Waals surface area (Å²) in [6.07, 6.45) is 11.2. The molecule has 1 N–H and O–H groups in total. The third-order valence-electron chi connectivity index (χ3n) is 3.83. The average Bonchev–Trinajstić information content (AvgIpc) is 3.06. The van der Waals surface area contributed by atoms with Crippen LogP contribution in [0, 0.1) is 0 Å². The zero-order valence-corrected chi connectivity index (χ0v) is 15.6. The molecule has 1 aromatic carbocycles. The lowest BCUT2D eigenvalue weighted by Crippen LogP contribution is -2.08. The average molecular weight is 382 g/mol. The van der Waals surface area contributed by atoms with Crippen LogP contribution in [0.1, 0.15) is 5.56 Å². The molecule has 0 aliphatic rings. The lowest BCUT2D eigenvalue weighted by atomic mass is 10.0. The number of sulfone groups is 1. The van der Waals surface area contributed by atoms with Crippen LogP contribution in [0.5, 0.6) is 0 Å². The van der Waals surface area contributed by atoms with Gasteiger partial charge in [0.05, 0.1) is 11.1 Å². The van der Waals surface area contributed by atoms with E-state index in [1.807, 2.05) is 19.3 Å². The summed E-state index contributed by atoms with van der Waals surface area (Å²) in [5.41, 5.74) is 3.14. The Morgan fingerprint density at radius 2 is 1.89 bits per heavy atom. The number of anilines is 1. The molecule has 2 heterocycles. The van der Waals surface area contributed by atoms with E-state index in [1.165, 1.54) is 18.2 Å². The van der Waals surface area contributed by atoms with E-state index in [4.69, 9.17) is 0 Å². The number of benzene rings is 1. The second-order valence-electron chi connectivity index (χ2n) is 5.98. The minimum absolute atomic E-state index is 0.201. The van der Waals surface area contributed by atoms with Crippen molar-refractivity contribution in [2.24, 2.45) is 7.05 Å². The molecule has 7 nitrogen and oxygen atoms in total. The first-order valence-electron chi connectivity index (χ1n) is 8.05. The summed E-state index contributed by atoms with van der Waals surface area (Å²) in [6.45, 7) is 0. The van der Waals surface area contributed by atoms with Crippen molar-refractivity contribution in [1.82, 2.24) is 14.8 Å². The maximum Gasteiger partial charge on any atom is 0.248 e. The van der Waals surface area contributed by atoms with Crippen LogP contribution in [0.25, 0.3) is 17.2 Å². The predicted molar refractivity (Wildman–Crippen MR) is 104 cm³/mol. The Bertz CT molecular complexity index is 1100. The third-order valence-corrected chi connectivity index (χ3v) is 4.96. The summed E-state index contributed by atoms with van der Waals surface area (Å²) in [7, 11) is -1.43. The van der Waals surface area contributed by atoms with Crippen molar-refractivity contribution in [2.75, 3.05) is 11.6 Å². The molecule has 0 saturated carbocycles. The van der Waals surface area contributed by atoms with E-state index in [-0.39, 0.29) is 10.8 Å². The van der Waals surface area contributed by atoms with Gasteiger partial charge in [-0.1, -0.05) is 0 Å². The molecule has 0 atom stereocenters. The molecule has 2 aromatic heterocycles. The number of carbonyl (C=O) groups excluding carboxylic acids is 1. The summed E-state index contributed by atoms with van der Waals surface area (Å²) in [5.74, 6) is -0.330. The van der Waals surface area contributed by atoms with Crippen molar-refractivity contribution in [3.05, 3.63) is 66.8 Å². The molecular weight excluding hydrogens is 364 g/mol. The van der Waals surface area contributed by atoms with Crippen molar-refractivity contribution in [3.63, 3.8) is 0 Å². The van der Waals surface area contributed by atoms with Gasteiger partial charge in [0.25, 0.3) is 0 Å². The van der Waals surface area contributed by atoms with Gasteiger partial charge in [-0.3, -0.25) is 14.5 Å². The van der Waals surface area contributed by atoms with Gasteiger partial charge in [-0.15, -0.1) is 0 Å². The van der Waals surface area contributed by atoms with Gasteiger partial charge in [0.15, 0.2) is 9.84 Å². The van der Waals surface area contributed by atoms with Crippen LogP contribution in [0.15, 0.2) is 66.1 Å². The summed E-state index contributed by atoms with van der Waals surface area (Å²) in [6, 6.07) is 7.87. The Morgan fingerprint density at radius 3 is 2.52 bits per heavy atom. The van der Waals surface area contributed by atoms with Gasteiger partial charge in [-0.25, -0.2) is 8.42 Å². The fourth-order valence-corrected chi connectivity index (χ4v) is 3.13. The molecule has 8 heteroatoms. The van der Waals surface area contributed by atoms with Crippen molar-refractivity contribution in [1.29, 1.82) is 0 Å². The fourth-order valence-electron chi connectivity index (χ4n) is 2.50. The summed E-state index contributed by atoms with van der Waals surface area (Å²) in [4.78, 5) is 16.5. The van der Waals surface area contributed by atoms with Crippen LogP contribution < -0.4 is 5.32 Å². The van der Waals surface area contributed by atoms with Crippen LogP contribution >= 0.6 is 0 Å². The smallest absolute Gasteiger partial charge is 0.248 e. The molecule has 0 spiro atoms. The van der Waals surface area contributed by atoms with E-state index in [2.05, 4.69) is 15.4 Å². The molecule has 0 bridgehead atoms. The molecule has 0 aliphatic carbocycles. The molecule has 1 amide bonds. The van der Waals surface area contributed by atoms with Crippen molar-refractivity contribution in [2.45, 2.75) is 4.90 Å². The third kappa shape index (κ3) is 4.68. The molecule has 0 aliphatic heterocycles. The minimum atomic E-state index is -3.26. The predicted octanol–water partition coefficient (Wildman–Crippen LogP) is 2.54. The lowest BCUT2D eigenvalue weighted by molar-refractivity contribution is -0.111. The summed E-state index contributed by atoms with van der Waals surface area (Å²) < 4.78 is 24.6. The molecule has 3 aromatic rings. The first kappa shape index (κ1) is 18.5. The van der Waals surface area contributed by atoms with Crippen LogP contribution in [0.2, 0.25) is 0 Å². The highest BCUT2D eigenvalue weighted by Gasteiger charge is 2.08. The lowest BCUT2D eigenvalue weighted by Gasteiger charge is -2.04.